The van der Waals surface area contributed by atoms with Crippen LogP contribution in [0.15, 0.2) is 28.7 Å². The fourth-order valence-corrected chi connectivity index (χ4v) is 2.79. The predicted octanol–water partition coefficient (Wildman–Crippen LogP) is 5.46. The molecule has 0 aliphatic rings. The maximum absolute atomic E-state index is 3.61. The number of rotatable bonds is 9. The zero-order chi connectivity index (χ0) is 13.2. The molecular weight excluding hydrogens is 286 g/mol. The molecule has 1 atom stereocenters. The van der Waals surface area contributed by atoms with Gasteiger partial charge in [-0.25, -0.2) is 0 Å². The second-order valence-corrected chi connectivity index (χ2v) is 5.82. The van der Waals surface area contributed by atoms with E-state index in [1.54, 1.807) is 0 Å². The van der Waals surface area contributed by atoms with Crippen LogP contribution in [-0.2, 0) is 0 Å². The highest BCUT2D eigenvalue weighted by Gasteiger charge is 2.06. The monoisotopic (exact) mass is 311 g/mol. The Morgan fingerprint density at radius 2 is 1.72 bits per heavy atom. The summed E-state index contributed by atoms with van der Waals surface area (Å²) < 4.78 is 1.20. The Balaban J connectivity index is 2.14. The van der Waals surface area contributed by atoms with E-state index < -0.39 is 0 Å². The lowest BCUT2D eigenvalue weighted by molar-refractivity contribution is 0.526. The van der Waals surface area contributed by atoms with Crippen molar-refractivity contribution < 1.29 is 0 Å². The fraction of sp³-hybridized carbons (Fsp3) is 0.625. The molecular formula is C16H26BrN. The Morgan fingerprint density at radius 3 is 2.44 bits per heavy atom. The van der Waals surface area contributed by atoms with E-state index >= 15 is 0 Å². The van der Waals surface area contributed by atoms with Crippen LogP contribution in [0.3, 0.4) is 0 Å². The Kier molecular flexibility index (Phi) is 8.36. The van der Waals surface area contributed by atoms with Gasteiger partial charge in [-0.3, -0.25) is 0 Å². The molecule has 1 aromatic carbocycles. The van der Waals surface area contributed by atoms with Gasteiger partial charge >= 0.3 is 0 Å². The van der Waals surface area contributed by atoms with Crippen LogP contribution in [0.4, 0.5) is 0 Å². The van der Waals surface area contributed by atoms with E-state index in [2.05, 4.69) is 59.4 Å². The van der Waals surface area contributed by atoms with E-state index in [-0.39, 0.29) is 0 Å². The fourth-order valence-electron chi connectivity index (χ4n) is 2.16. The summed E-state index contributed by atoms with van der Waals surface area (Å²) in [6.45, 7) is 5.62. The van der Waals surface area contributed by atoms with E-state index in [9.17, 15) is 0 Å². The van der Waals surface area contributed by atoms with Crippen molar-refractivity contribution in [1.82, 2.24) is 5.32 Å². The van der Waals surface area contributed by atoms with Crippen LogP contribution in [0.1, 0.15) is 64.0 Å². The van der Waals surface area contributed by atoms with Gasteiger partial charge in [0.1, 0.15) is 0 Å². The molecule has 1 N–H and O–H groups in total. The van der Waals surface area contributed by atoms with E-state index in [4.69, 9.17) is 0 Å². The van der Waals surface area contributed by atoms with Crippen LogP contribution < -0.4 is 5.32 Å². The molecule has 102 valence electrons. The van der Waals surface area contributed by atoms with Gasteiger partial charge in [0.25, 0.3) is 0 Å². The van der Waals surface area contributed by atoms with Crippen LogP contribution >= 0.6 is 15.9 Å². The molecule has 1 aromatic rings. The van der Waals surface area contributed by atoms with Crippen LogP contribution in [0, 0.1) is 0 Å². The lowest BCUT2D eigenvalue weighted by Crippen LogP contribution is -2.20. The van der Waals surface area contributed by atoms with Crippen molar-refractivity contribution in [3.8, 4) is 0 Å². The highest BCUT2D eigenvalue weighted by Crippen LogP contribution is 2.22. The van der Waals surface area contributed by atoms with Crippen LogP contribution in [0.25, 0.3) is 0 Å². The quantitative estimate of drug-likeness (QED) is 0.597. The summed E-state index contributed by atoms with van der Waals surface area (Å²) in [7, 11) is 0. The molecule has 0 bridgehead atoms. The molecule has 0 amide bonds. The Bertz CT molecular complexity index is 325. The van der Waals surface area contributed by atoms with Gasteiger partial charge in [-0.05, 0) is 31.5 Å². The molecule has 0 aromatic heterocycles. The summed E-state index contributed by atoms with van der Waals surface area (Å²) in [5.41, 5.74) is 1.35. The normalized spacial score (nSPS) is 12.6. The third-order valence-corrected chi connectivity index (χ3v) is 4.07. The molecule has 0 fully saturated rings. The van der Waals surface area contributed by atoms with Crippen molar-refractivity contribution in [2.75, 3.05) is 6.54 Å². The molecule has 0 aliphatic carbocycles. The van der Waals surface area contributed by atoms with Crippen molar-refractivity contribution in [1.29, 1.82) is 0 Å². The topological polar surface area (TPSA) is 12.0 Å². The molecule has 0 unspecified atom stereocenters. The third-order valence-electron chi connectivity index (χ3n) is 3.35. The first kappa shape index (κ1) is 15.7. The predicted molar refractivity (Wildman–Crippen MR) is 83.9 cm³/mol. The molecule has 0 heterocycles. The number of halogens is 1. The number of hydrogen-bond acceptors (Lipinski definition) is 1. The SMILES string of the molecule is CCCCCCCCN[C@@H](C)c1ccccc1Br. The largest absolute Gasteiger partial charge is 0.310 e. The molecule has 18 heavy (non-hydrogen) atoms. The minimum atomic E-state index is 0.427. The molecule has 0 saturated carbocycles. The van der Waals surface area contributed by atoms with Gasteiger partial charge in [0.05, 0.1) is 0 Å². The summed E-state index contributed by atoms with van der Waals surface area (Å²) in [4.78, 5) is 0. The maximum Gasteiger partial charge on any atom is 0.0302 e. The van der Waals surface area contributed by atoms with Gasteiger partial charge in [-0.2, -0.15) is 0 Å². The standard InChI is InChI=1S/C16H26BrN/c1-3-4-5-6-7-10-13-18-14(2)15-11-8-9-12-16(15)17/h8-9,11-12,14,18H,3-7,10,13H2,1-2H3/t14-/m0/s1. The van der Waals surface area contributed by atoms with E-state index in [1.807, 2.05) is 0 Å². The maximum atomic E-state index is 3.61. The van der Waals surface area contributed by atoms with E-state index in [0.717, 1.165) is 6.54 Å². The number of hydrogen-bond donors (Lipinski definition) is 1. The van der Waals surface area contributed by atoms with Gasteiger partial charge in [-0.1, -0.05) is 73.2 Å². The van der Waals surface area contributed by atoms with Gasteiger partial charge < -0.3 is 5.32 Å². The van der Waals surface area contributed by atoms with Crippen LogP contribution in [0.2, 0.25) is 0 Å². The smallest absolute Gasteiger partial charge is 0.0302 e. The molecule has 1 nitrogen and oxygen atoms in total. The van der Waals surface area contributed by atoms with Crippen molar-refractivity contribution in [3.63, 3.8) is 0 Å². The molecule has 2 heteroatoms. The summed E-state index contributed by atoms with van der Waals surface area (Å²) >= 11 is 3.61. The molecule has 1 rings (SSSR count). The van der Waals surface area contributed by atoms with Crippen LogP contribution in [-0.4, -0.2) is 6.54 Å². The average Bonchev–Trinajstić information content (AvgIpc) is 2.38. The summed E-state index contributed by atoms with van der Waals surface area (Å²) in [5, 5.41) is 3.60. The van der Waals surface area contributed by atoms with Crippen LogP contribution in [0.5, 0.6) is 0 Å². The van der Waals surface area contributed by atoms with Crippen molar-refractivity contribution in [2.45, 2.75) is 58.4 Å². The van der Waals surface area contributed by atoms with Gasteiger partial charge in [0.2, 0.25) is 0 Å². The van der Waals surface area contributed by atoms with E-state index in [1.165, 1.54) is 48.6 Å². The van der Waals surface area contributed by atoms with E-state index in [0.29, 0.717) is 6.04 Å². The van der Waals surface area contributed by atoms with Gasteiger partial charge in [0, 0.05) is 10.5 Å². The molecule has 0 saturated heterocycles. The summed E-state index contributed by atoms with van der Waals surface area (Å²) in [6.07, 6.45) is 8.15. The average molecular weight is 312 g/mol. The Labute approximate surface area is 120 Å². The summed E-state index contributed by atoms with van der Waals surface area (Å²) in [5.74, 6) is 0. The first-order valence-corrected chi connectivity index (χ1v) is 8.02. The van der Waals surface area contributed by atoms with Crippen molar-refractivity contribution in [2.24, 2.45) is 0 Å². The Morgan fingerprint density at radius 1 is 1.06 bits per heavy atom. The lowest BCUT2D eigenvalue weighted by atomic mass is 10.1. The number of nitrogens with one attached hydrogen (secondary N) is 1. The van der Waals surface area contributed by atoms with Gasteiger partial charge in [-0.15, -0.1) is 0 Å². The van der Waals surface area contributed by atoms with Gasteiger partial charge in [0.15, 0.2) is 0 Å². The summed E-state index contributed by atoms with van der Waals surface area (Å²) in [6, 6.07) is 8.88. The highest BCUT2D eigenvalue weighted by atomic mass is 79.9. The highest BCUT2D eigenvalue weighted by molar-refractivity contribution is 9.10. The molecule has 0 aliphatic heterocycles. The zero-order valence-corrected chi connectivity index (χ0v) is 13.3. The number of benzene rings is 1. The minimum absolute atomic E-state index is 0.427. The number of unbranched alkanes of at least 4 members (excludes halogenated alkanes) is 5. The first-order valence-electron chi connectivity index (χ1n) is 7.23. The second-order valence-electron chi connectivity index (χ2n) is 4.97. The third kappa shape index (κ3) is 6.01. The van der Waals surface area contributed by atoms with Crippen molar-refractivity contribution in [3.05, 3.63) is 34.3 Å². The molecule has 0 radical (unpaired) electrons. The lowest BCUT2D eigenvalue weighted by Gasteiger charge is -2.15. The Hall–Kier alpha value is -0.340. The first-order chi connectivity index (χ1) is 8.75. The second kappa shape index (κ2) is 9.57. The minimum Gasteiger partial charge on any atom is -0.310 e. The zero-order valence-electron chi connectivity index (χ0n) is 11.7. The van der Waals surface area contributed by atoms with Crippen molar-refractivity contribution >= 4 is 15.9 Å². The molecule has 0 spiro atoms.